The number of carbonyl (C=O) groups is 2. The lowest BCUT2D eigenvalue weighted by Crippen LogP contribution is -2.55. The average Bonchev–Trinajstić information content (AvgIpc) is 3.29. The van der Waals surface area contributed by atoms with Crippen molar-refractivity contribution in [3.05, 3.63) is 76.0 Å². The van der Waals surface area contributed by atoms with E-state index in [1.165, 1.54) is 6.20 Å². The van der Waals surface area contributed by atoms with Gasteiger partial charge in [-0.2, -0.15) is 5.10 Å². The van der Waals surface area contributed by atoms with Crippen LogP contribution in [0.5, 0.6) is 0 Å². The Morgan fingerprint density at radius 2 is 1.71 bits per heavy atom. The molecule has 1 fully saturated rings. The highest BCUT2D eigenvalue weighted by Gasteiger charge is 2.41. The zero-order valence-corrected chi connectivity index (χ0v) is 21.0. The van der Waals surface area contributed by atoms with Crippen LogP contribution in [0.3, 0.4) is 0 Å². The van der Waals surface area contributed by atoms with Gasteiger partial charge in [-0.3, -0.25) is 4.79 Å². The van der Waals surface area contributed by atoms with Gasteiger partial charge in [0.25, 0.3) is 5.91 Å². The van der Waals surface area contributed by atoms with E-state index in [0.717, 1.165) is 46.1 Å². The van der Waals surface area contributed by atoms with E-state index >= 15 is 0 Å². The van der Waals surface area contributed by atoms with Crippen molar-refractivity contribution in [1.82, 2.24) is 19.9 Å². The van der Waals surface area contributed by atoms with E-state index in [1.54, 1.807) is 22.8 Å². The fourth-order valence-corrected chi connectivity index (χ4v) is 5.31. The summed E-state index contributed by atoms with van der Waals surface area (Å²) in [5.41, 5.74) is 2.62. The summed E-state index contributed by atoms with van der Waals surface area (Å²) in [4.78, 5) is 30.0. The Hall–Kier alpha value is -3.23. The van der Waals surface area contributed by atoms with E-state index in [9.17, 15) is 14.7 Å². The van der Waals surface area contributed by atoms with E-state index in [2.05, 4.69) is 31.3 Å². The Kier molecular flexibility index (Phi) is 6.34. The number of rotatable bonds is 5. The molecule has 0 aliphatic heterocycles. The molecule has 2 heterocycles. The summed E-state index contributed by atoms with van der Waals surface area (Å²) in [5.74, 6) is -1.50. The van der Waals surface area contributed by atoms with E-state index in [4.69, 9.17) is 11.6 Å². The largest absolute Gasteiger partial charge is 0.480 e. The van der Waals surface area contributed by atoms with E-state index < -0.39 is 17.4 Å². The molecule has 0 radical (unpaired) electrons. The third-order valence-electron chi connectivity index (χ3n) is 6.52. The predicted molar refractivity (Wildman–Crippen MR) is 137 cm³/mol. The number of halogens is 2. The van der Waals surface area contributed by atoms with E-state index in [0.29, 0.717) is 23.5 Å². The number of amides is 1. The molecule has 7 nitrogen and oxygen atoms in total. The molecule has 1 amide bonds. The van der Waals surface area contributed by atoms with Crippen LogP contribution < -0.4 is 5.32 Å². The summed E-state index contributed by atoms with van der Waals surface area (Å²) in [6, 6.07) is 15.2. The van der Waals surface area contributed by atoms with E-state index in [1.807, 2.05) is 36.4 Å². The van der Waals surface area contributed by atoms with Crippen LogP contribution in [0.4, 0.5) is 0 Å². The molecule has 0 spiro atoms. The summed E-state index contributed by atoms with van der Waals surface area (Å²) in [6.07, 6.45) is 6.45. The molecule has 1 aliphatic rings. The molecule has 9 heteroatoms. The number of carboxylic acid groups (broad SMARTS) is 1. The van der Waals surface area contributed by atoms with Gasteiger partial charge in [-0.15, -0.1) is 0 Å². The lowest BCUT2D eigenvalue weighted by atomic mass is 9.81. The van der Waals surface area contributed by atoms with Crippen molar-refractivity contribution in [1.29, 1.82) is 0 Å². The molecular weight excluding hydrogens is 532 g/mol. The Morgan fingerprint density at radius 3 is 2.40 bits per heavy atom. The minimum absolute atomic E-state index is 0.227. The maximum absolute atomic E-state index is 13.3. The molecule has 1 saturated carbocycles. The number of nitrogens with one attached hydrogen (secondary N) is 1. The highest BCUT2D eigenvalue weighted by molar-refractivity contribution is 9.10. The second-order valence-electron chi connectivity index (χ2n) is 8.70. The highest BCUT2D eigenvalue weighted by atomic mass is 79.9. The molecule has 2 aromatic carbocycles. The third-order valence-corrected chi connectivity index (χ3v) is 7.47. The van der Waals surface area contributed by atoms with Crippen molar-refractivity contribution in [2.75, 3.05) is 0 Å². The maximum atomic E-state index is 13.3. The molecule has 1 aliphatic carbocycles. The summed E-state index contributed by atoms with van der Waals surface area (Å²) in [6.45, 7) is 0. The number of aromatic nitrogens is 3. The zero-order chi connectivity index (χ0) is 24.6. The minimum Gasteiger partial charge on any atom is -0.480 e. The van der Waals surface area contributed by atoms with Gasteiger partial charge in [0.15, 0.2) is 5.65 Å². The molecule has 178 valence electrons. The quantitative estimate of drug-likeness (QED) is 0.316. The van der Waals surface area contributed by atoms with Crippen molar-refractivity contribution < 1.29 is 14.7 Å². The van der Waals surface area contributed by atoms with Crippen molar-refractivity contribution in [2.24, 2.45) is 0 Å². The first-order valence-corrected chi connectivity index (χ1v) is 12.5. The van der Waals surface area contributed by atoms with Gasteiger partial charge in [0, 0.05) is 26.8 Å². The first-order valence-electron chi connectivity index (χ1n) is 11.3. The third kappa shape index (κ3) is 4.32. The maximum Gasteiger partial charge on any atom is 0.329 e. The Labute approximate surface area is 215 Å². The average molecular weight is 554 g/mol. The van der Waals surface area contributed by atoms with Crippen LogP contribution in [0.1, 0.15) is 42.5 Å². The van der Waals surface area contributed by atoms with Crippen LogP contribution in [-0.4, -0.2) is 37.1 Å². The highest BCUT2D eigenvalue weighted by Crippen LogP contribution is 2.37. The molecular formula is C26H22BrClN4O3. The van der Waals surface area contributed by atoms with Gasteiger partial charge in [-0.25, -0.2) is 14.3 Å². The number of hydrogen-bond acceptors (Lipinski definition) is 4. The number of carbonyl (C=O) groups excluding carboxylic acids is 1. The first kappa shape index (κ1) is 23.5. The van der Waals surface area contributed by atoms with Crippen LogP contribution in [0, 0.1) is 0 Å². The topological polar surface area (TPSA) is 96.6 Å². The second kappa shape index (κ2) is 9.43. The van der Waals surface area contributed by atoms with Gasteiger partial charge >= 0.3 is 5.97 Å². The van der Waals surface area contributed by atoms with E-state index in [-0.39, 0.29) is 5.56 Å². The van der Waals surface area contributed by atoms with Gasteiger partial charge in [0.05, 0.1) is 11.9 Å². The van der Waals surface area contributed by atoms with Crippen LogP contribution in [0.25, 0.3) is 28.0 Å². The van der Waals surface area contributed by atoms with Crippen LogP contribution in [0.15, 0.2) is 65.4 Å². The number of carboxylic acids is 1. The molecule has 0 unspecified atom stereocenters. The summed E-state index contributed by atoms with van der Waals surface area (Å²) >= 11 is 9.75. The molecule has 35 heavy (non-hydrogen) atoms. The molecule has 5 rings (SSSR count). The molecule has 2 N–H and O–H groups in total. The Morgan fingerprint density at radius 1 is 1.00 bits per heavy atom. The SMILES string of the molecule is O=C(NC1(C(=O)O)CCCCC1)c1cnn2c(-c3ccc(Cl)cc3)c(-c3ccccc3Br)cnc12. The molecule has 4 aromatic rings. The van der Waals surface area contributed by atoms with Gasteiger partial charge in [-0.05, 0) is 36.6 Å². The lowest BCUT2D eigenvalue weighted by molar-refractivity contribution is -0.145. The number of nitrogens with zero attached hydrogens (tertiary/aromatic N) is 3. The van der Waals surface area contributed by atoms with Gasteiger partial charge < -0.3 is 10.4 Å². The number of aliphatic carboxylic acids is 1. The summed E-state index contributed by atoms with van der Waals surface area (Å²) in [7, 11) is 0. The van der Waals surface area contributed by atoms with Crippen molar-refractivity contribution >= 4 is 45.1 Å². The summed E-state index contributed by atoms with van der Waals surface area (Å²) in [5, 5.41) is 17.8. The molecule has 0 saturated heterocycles. The van der Waals surface area contributed by atoms with Crippen molar-refractivity contribution in [2.45, 2.75) is 37.6 Å². The smallest absolute Gasteiger partial charge is 0.329 e. The first-order chi connectivity index (χ1) is 16.9. The minimum atomic E-state index is -1.27. The predicted octanol–water partition coefficient (Wildman–Crippen LogP) is 6.00. The number of benzene rings is 2. The van der Waals surface area contributed by atoms with Crippen LogP contribution in [-0.2, 0) is 4.79 Å². The normalized spacial score (nSPS) is 15.1. The zero-order valence-electron chi connectivity index (χ0n) is 18.7. The molecule has 0 bridgehead atoms. The van der Waals surface area contributed by atoms with Crippen LogP contribution in [0.2, 0.25) is 5.02 Å². The Bertz CT molecular complexity index is 1430. The van der Waals surface area contributed by atoms with Crippen LogP contribution >= 0.6 is 27.5 Å². The van der Waals surface area contributed by atoms with Gasteiger partial charge in [-0.1, -0.05) is 77.1 Å². The fraction of sp³-hybridized carbons (Fsp3) is 0.231. The number of hydrogen-bond donors (Lipinski definition) is 2. The monoisotopic (exact) mass is 552 g/mol. The van der Waals surface area contributed by atoms with Gasteiger partial charge in [0.1, 0.15) is 11.1 Å². The lowest BCUT2D eigenvalue weighted by Gasteiger charge is -2.33. The molecule has 0 atom stereocenters. The second-order valence-corrected chi connectivity index (χ2v) is 9.99. The summed E-state index contributed by atoms with van der Waals surface area (Å²) < 4.78 is 2.52. The Balaban J connectivity index is 1.65. The van der Waals surface area contributed by atoms with Gasteiger partial charge in [0.2, 0.25) is 0 Å². The molecule has 2 aromatic heterocycles. The van der Waals surface area contributed by atoms with Crippen molar-refractivity contribution in [3.63, 3.8) is 0 Å². The number of fused-ring (bicyclic) bond motifs is 1. The fourth-order valence-electron chi connectivity index (χ4n) is 4.69. The van der Waals surface area contributed by atoms with Crippen molar-refractivity contribution in [3.8, 4) is 22.4 Å². The standard InChI is InChI=1S/C26H22BrClN4O3/c27-21-7-3-2-6-18(21)19-14-29-23-20(24(33)31-26(25(34)35)12-4-1-5-13-26)15-30-32(23)22(19)16-8-10-17(28)11-9-16/h2-3,6-11,14-15H,1,4-5,12-13H2,(H,31,33)(H,34,35).